The van der Waals surface area contributed by atoms with Gasteiger partial charge in [-0.2, -0.15) is 0 Å². The molecule has 0 saturated heterocycles. The Labute approximate surface area is 174 Å². The quantitative estimate of drug-likeness (QED) is 0.734. The third-order valence-corrected chi connectivity index (χ3v) is 4.64. The lowest BCUT2D eigenvalue weighted by molar-refractivity contribution is 0.0696. The monoisotopic (exact) mass is 398 g/mol. The Hall–Kier alpha value is -2.50. The molecule has 2 rings (SSSR count). The van der Waals surface area contributed by atoms with Crippen molar-refractivity contribution in [2.75, 3.05) is 11.4 Å². The molecule has 1 N–H and O–H groups in total. The molecule has 1 aliphatic rings. The fourth-order valence-electron chi connectivity index (χ4n) is 2.92. The maximum absolute atomic E-state index is 11.2. The number of anilines is 1. The van der Waals surface area contributed by atoms with E-state index in [4.69, 9.17) is 9.98 Å². The summed E-state index contributed by atoms with van der Waals surface area (Å²) in [5.74, 6) is 0.613. The van der Waals surface area contributed by atoms with Gasteiger partial charge in [0.25, 0.3) is 0 Å². The van der Waals surface area contributed by atoms with Crippen molar-refractivity contribution in [3.63, 3.8) is 0 Å². The van der Waals surface area contributed by atoms with Gasteiger partial charge in [0.1, 0.15) is 5.82 Å². The van der Waals surface area contributed by atoms with Crippen LogP contribution in [0.1, 0.15) is 72.2 Å². The van der Waals surface area contributed by atoms with Gasteiger partial charge < -0.3 is 5.11 Å². The number of guanidine groups is 1. The van der Waals surface area contributed by atoms with Gasteiger partial charge in [-0.1, -0.05) is 61.5 Å². The van der Waals surface area contributed by atoms with E-state index in [9.17, 15) is 9.90 Å². The van der Waals surface area contributed by atoms with E-state index in [1.165, 1.54) is 6.20 Å². The zero-order chi connectivity index (χ0) is 22.0. The number of carboxylic acids is 1. The van der Waals surface area contributed by atoms with Crippen molar-refractivity contribution in [2.45, 2.75) is 61.8 Å². The first-order valence-electron chi connectivity index (χ1n) is 10.1. The van der Waals surface area contributed by atoms with Crippen LogP contribution in [0.25, 0.3) is 0 Å². The van der Waals surface area contributed by atoms with Gasteiger partial charge >= 0.3 is 5.97 Å². The van der Waals surface area contributed by atoms with Crippen molar-refractivity contribution < 1.29 is 9.90 Å². The molecule has 6 nitrogen and oxygen atoms in total. The van der Waals surface area contributed by atoms with E-state index in [0.29, 0.717) is 24.2 Å². The first-order chi connectivity index (χ1) is 13.3. The molecule has 0 spiro atoms. The fourth-order valence-corrected chi connectivity index (χ4v) is 2.92. The molecule has 1 aromatic heterocycles. The van der Waals surface area contributed by atoms with Crippen LogP contribution in [0, 0.1) is 16.7 Å². The van der Waals surface area contributed by atoms with Crippen molar-refractivity contribution in [1.82, 2.24) is 4.98 Å². The molecule has 0 aromatic carbocycles. The number of pyridine rings is 1. The molecular weight excluding hydrogens is 364 g/mol. The molecule has 0 unspecified atom stereocenters. The highest BCUT2D eigenvalue weighted by molar-refractivity contribution is 6.07. The summed E-state index contributed by atoms with van der Waals surface area (Å²) in [4.78, 5) is 27.5. The molecule has 0 radical (unpaired) electrons. The minimum absolute atomic E-state index is 0.0886. The van der Waals surface area contributed by atoms with Crippen molar-refractivity contribution >= 4 is 23.5 Å². The first kappa shape index (κ1) is 22.8. The number of carbonyl (C=O) groups is 1. The standard InChI is InChI=1S/C23H34N4O2/c1-15(2)14-27(19-12-9-16(13-24-19)20(28)29)21-25-17(22(3,4)5)10-11-18(26-21)23(6,7)8/h9-10,12-13,15H,11,14H2,1-8H3,(H,28,29). The average Bonchev–Trinajstić information content (AvgIpc) is 2.82. The Kier molecular flexibility index (Phi) is 6.66. The number of aliphatic imine (C=N–C) groups is 2. The highest BCUT2D eigenvalue weighted by Gasteiger charge is 2.27. The number of rotatable bonds is 4. The smallest absolute Gasteiger partial charge is 0.337 e. The molecule has 0 bridgehead atoms. The lowest BCUT2D eigenvalue weighted by Crippen LogP contribution is -2.35. The summed E-state index contributed by atoms with van der Waals surface area (Å²) in [6.45, 7) is 17.9. The molecule has 0 atom stereocenters. The van der Waals surface area contributed by atoms with Gasteiger partial charge in [-0.3, -0.25) is 4.90 Å². The van der Waals surface area contributed by atoms with Crippen molar-refractivity contribution in [3.8, 4) is 0 Å². The number of hydrogen-bond acceptors (Lipinski definition) is 5. The lowest BCUT2D eigenvalue weighted by Gasteiger charge is -2.27. The van der Waals surface area contributed by atoms with E-state index < -0.39 is 5.97 Å². The van der Waals surface area contributed by atoms with E-state index in [2.05, 4.69) is 66.4 Å². The SMILES string of the molecule is CC(C)CN(C1=NC(C(C)(C)C)=CCC(C(C)(C)C)=N1)c1ccc(C(=O)O)cn1. The summed E-state index contributed by atoms with van der Waals surface area (Å²) in [6, 6.07) is 3.30. The Balaban J connectivity index is 2.61. The van der Waals surface area contributed by atoms with E-state index in [-0.39, 0.29) is 16.4 Å². The summed E-state index contributed by atoms with van der Waals surface area (Å²) >= 11 is 0. The van der Waals surface area contributed by atoms with Crippen LogP contribution in [0.4, 0.5) is 5.82 Å². The largest absolute Gasteiger partial charge is 0.478 e. The van der Waals surface area contributed by atoms with Crippen LogP contribution in [0.3, 0.4) is 0 Å². The molecule has 1 aliphatic heterocycles. The Morgan fingerprint density at radius 2 is 1.76 bits per heavy atom. The minimum Gasteiger partial charge on any atom is -0.478 e. The number of aromatic nitrogens is 1. The van der Waals surface area contributed by atoms with E-state index in [1.807, 2.05) is 4.90 Å². The molecule has 2 heterocycles. The van der Waals surface area contributed by atoms with Crippen LogP contribution in [0.2, 0.25) is 0 Å². The number of aromatic carboxylic acids is 1. The van der Waals surface area contributed by atoms with Gasteiger partial charge in [-0.25, -0.2) is 19.8 Å². The normalized spacial score (nSPS) is 15.4. The van der Waals surface area contributed by atoms with E-state index >= 15 is 0 Å². The van der Waals surface area contributed by atoms with Gasteiger partial charge in [0, 0.05) is 41.4 Å². The van der Waals surface area contributed by atoms with Crippen LogP contribution < -0.4 is 4.90 Å². The molecule has 0 amide bonds. The molecule has 29 heavy (non-hydrogen) atoms. The highest BCUT2D eigenvalue weighted by atomic mass is 16.4. The molecule has 158 valence electrons. The number of carboxylic acid groups (broad SMARTS) is 1. The Bertz CT molecular complexity index is 835. The zero-order valence-corrected chi connectivity index (χ0v) is 18.9. The third kappa shape index (κ3) is 5.99. The molecule has 0 aliphatic carbocycles. The summed E-state index contributed by atoms with van der Waals surface area (Å²) < 4.78 is 0. The summed E-state index contributed by atoms with van der Waals surface area (Å²) in [5, 5.41) is 9.19. The Morgan fingerprint density at radius 1 is 1.10 bits per heavy atom. The number of hydrogen-bond donors (Lipinski definition) is 1. The van der Waals surface area contributed by atoms with Gasteiger partial charge in [0.05, 0.1) is 5.56 Å². The van der Waals surface area contributed by atoms with Gasteiger partial charge in [-0.05, 0) is 18.1 Å². The zero-order valence-electron chi connectivity index (χ0n) is 18.9. The van der Waals surface area contributed by atoms with Crippen molar-refractivity contribution in [3.05, 3.63) is 35.7 Å². The van der Waals surface area contributed by atoms with Crippen LogP contribution in [-0.2, 0) is 0 Å². The molecule has 0 saturated carbocycles. The minimum atomic E-state index is -0.989. The molecule has 0 fully saturated rings. The van der Waals surface area contributed by atoms with E-state index in [1.54, 1.807) is 12.1 Å². The lowest BCUT2D eigenvalue weighted by atomic mass is 9.86. The predicted molar refractivity (Wildman–Crippen MR) is 120 cm³/mol. The average molecular weight is 399 g/mol. The number of allylic oxidation sites excluding steroid dienone is 2. The molecular formula is C23H34N4O2. The summed E-state index contributed by atoms with van der Waals surface area (Å²) in [5.41, 5.74) is 2.01. The van der Waals surface area contributed by atoms with Gasteiger partial charge in [0.15, 0.2) is 0 Å². The Morgan fingerprint density at radius 3 is 2.21 bits per heavy atom. The summed E-state index contributed by atoms with van der Waals surface area (Å²) in [6.07, 6.45) is 4.31. The van der Waals surface area contributed by atoms with Crippen LogP contribution >= 0.6 is 0 Å². The fraction of sp³-hybridized carbons (Fsp3) is 0.565. The third-order valence-electron chi connectivity index (χ3n) is 4.64. The predicted octanol–water partition coefficient (Wildman–Crippen LogP) is 5.42. The topological polar surface area (TPSA) is 78.2 Å². The van der Waals surface area contributed by atoms with Crippen LogP contribution in [0.5, 0.6) is 0 Å². The maximum Gasteiger partial charge on any atom is 0.337 e. The van der Waals surface area contributed by atoms with Crippen LogP contribution in [-0.4, -0.2) is 34.3 Å². The second-order valence-corrected chi connectivity index (χ2v) is 9.98. The maximum atomic E-state index is 11.2. The second-order valence-electron chi connectivity index (χ2n) is 9.98. The summed E-state index contributed by atoms with van der Waals surface area (Å²) in [7, 11) is 0. The second kappa shape index (κ2) is 8.47. The first-order valence-corrected chi connectivity index (χ1v) is 10.1. The molecule has 1 aromatic rings. The van der Waals surface area contributed by atoms with Crippen molar-refractivity contribution in [2.24, 2.45) is 26.7 Å². The van der Waals surface area contributed by atoms with Crippen LogP contribution in [0.15, 0.2) is 40.1 Å². The molecule has 6 heteroatoms. The van der Waals surface area contributed by atoms with Gasteiger partial charge in [-0.15, -0.1) is 0 Å². The highest BCUT2D eigenvalue weighted by Crippen LogP contribution is 2.31. The van der Waals surface area contributed by atoms with E-state index in [0.717, 1.165) is 17.8 Å². The van der Waals surface area contributed by atoms with Gasteiger partial charge in [0.2, 0.25) is 5.96 Å². The number of nitrogens with zero attached hydrogens (tertiary/aromatic N) is 4. The van der Waals surface area contributed by atoms with Crippen molar-refractivity contribution in [1.29, 1.82) is 0 Å².